The van der Waals surface area contributed by atoms with E-state index in [0.717, 1.165) is 17.4 Å². The third-order valence-corrected chi connectivity index (χ3v) is 4.93. The molecule has 3 aromatic rings. The van der Waals surface area contributed by atoms with Crippen LogP contribution >= 0.6 is 0 Å². The summed E-state index contributed by atoms with van der Waals surface area (Å²) >= 11 is 0. The molecule has 1 heterocycles. The molecule has 3 unspecified atom stereocenters. The summed E-state index contributed by atoms with van der Waals surface area (Å²) in [7, 11) is 0. The summed E-state index contributed by atoms with van der Waals surface area (Å²) in [4.78, 5) is 25.0. The Balaban J connectivity index is 1.66. The molecular formula is C21H19NO3. The van der Waals surface area contributed by atoms with Crippen LogP contribution in [0.25, 0.3) is 11.0 Å². The Morgan fingerprint density at radius 1 is 1.12 bits per heavy atom. The predicted octanol–water partition coefficient (Wildman–Crippen LogP) is 3.92. The van der Waals surface area contributed by atoms with Crippen molar-refractivity contribution in [1.29, 1.82) is 0 Å². The summed E-state index contributed by atoms with van der Waals surface area (Å²) in [5.41, 5.74) is 0.995. The van der Waals surface area contributed by atoms with Crippen molar-refractivity contribution in [3.8, 4) is 0 Å². The number of fused-ring (bicyclic) bond motifs is 1. The van der Waals surface area contributed by atoms with E-state index < -0.39 is 5.63 Å². The SMILES string of the molecule is CC1CC1C(NC(=O)c1cc2ccccc2oc1=O)c1ccccc1. The molecule has 0 aliphatic heterocycles. The molecule has 4 rings (SSSR count). The quantitative estimate of drug-likeness (QED) is 0.736. The van der Waals surface area contributed by atoms with Crippen molar-refractivity contribution in [2.45, 2.75) is 19.4 Å². The Bertz CT molecular complexity index is 977. The van der Waals surface area contributed by atoms with Crippen LogP contribution in [0.4, 0.5) is 0 Å². The number of hydrogen-bond acceptors (Lipinski definition) is 3. The van der Waals surface area contributed by atoms with Gasteiger partial charge in [-0.3, -0.25) is 4.79 Å². The average molecular weight is 333 g/mol. The van der Waals surface area contributed by atoms with Crippen molar-refractivity contribution in [3.63, 3.8) is 0 Å². The fourth-order valence-corrected chi connectivity index (χ4v) is 3.35. The van der Waals surface area contributed by atoms with E-state index in [4.69, 9.17) is 4.42 Å². The Kier molecular flexibility index (Phi) is 3.88. The number of nitrogens with one attached hydrogen (secondary N) is 1. The zero-order valence-electron chi connectivity index (χ0n) is 13.9. The van der Waals surface area contributed by atoms with Crippen molar-refractivity contribution >= 4 is 16.9 Å². The molecule has 4 nitrogen and oxygen atoms in total. The van der Waals surface area contributed by atoms with E-state index in [1.54, 1.807) is 18.2 Å². The highest BCUT2D eigenvalue weighted by Gasteiger charge is 2.41. The molecule has 1 aromatic heterocycles. The minimum atomic E-state index is -0.605. The monoisotopic (exact) mass is 333 g/mol. The van der Waals surface area contributed by atoms with E-state index in [0.29, 0.717) is 17.4 Å². The lowest BCUT2D eigenvalue weighted by Gasteiger charge is -2.19. The van der Waals surface area contributed by atoms with E-state index in [1.165, 1.54) is 0 Å². The maximum Gasteiger partial charge on any atom is 0.349 e. The number of para-hydroxylation sites is 1. The molecule has 3 atom stereocenters. The summed E-state index contributed by atoms with van der Waals surface area (Å²) in [5.74, 6) is 0.588. The molecule has 1 aliphatic carbocycles. The van der Waals surface area contributed by atoms with Gasteiger partial charge in [-0.2, -0.15) is 0 Å². The van der Waals surface area contributed by atoms with E-state index in [1.807, 2.05) is 42.5 Å². The second kappa shape index (κ2) is 6.20. The normalized spacial score (nSPS) is 20.2. The summed E-state index contributed by atoms with van der Waals surface area (Å²) in [6.45, 7) is 2.18. The summed E-state index contributed by atoms with van der Waals surface area (Å²) < 4.78 is 5.28. The smallest absolute Gasteiger partial charge is 0.349 e. The van der Waals surface area contributed by atoms with E-state index >= 15 is 0 Å². The van der Waals surface area contributed by atoms with Gasteiger partial charge in [0.15, 0.2) is 0 Å². The van der Waals surface area contributed by atoms with Crippen molar-refractivity contribution in [2.24, 2.45) is 11.8 Å². The average Bonchev–Trinajstić information content (AvgIpc) is 3.36. The molecule has 4 heteroatoms. The fraction of sp³-hybridized carbons (Fsp3) is 0.238. The van der Waals surface area contributed by atoms with Crippen LogP contribution < -0.4 is 10.9 Å². The minimum Gasteiger partial charge on any atom is -0.422 e. The van der Waals surface area contributed by atoms with Gasteiger partial charge in [0.1, 0.15) is 11.1 Å². The largest absolute Gasteiger partial charge is 0.422 e. The lowest BCUT2D eigenvalue weighted by atomic mass is 10.0. The third kappa shape index (κ3) is 3.07. The van der Waals surface area contributed by atoms with Crippen LogP contribution in [0.5, 0.6) is 0 Å². The first-order chi connectivity index (χ1) is 12.1. The van der Waals surface area contributed by atoms with E-state index in [9.17, 15) is 9.59 Å². The number of hydrogen-bond donors (Lipinski definition) is 1. The molecule has 126 valence electrons. The van der Waals surface area contributed by atoms with Gasteiger partial charge in [0.05, 0.1) is 6.04 Å². The van der Waals surface area contributed by atoms with Crippen LogP contribution in [0, 0.1) is 11.8 Å². The lowest BCUT2D eigenvalue weighted by Crippen LogP contribution is -2.33. The van der Waals surface area contributed by atoms with Crippen LogP contribution in [0.3, 0.4) is 0 Å². The zero-order valence-corrected chi connectivity index (χ0v) is 13.9. The van der Waals surface area contributed by atoms with E-state index in [-0.39, 0.29) is 17.5 Å². The van der Waals surface area contributed by atoms with Crippen molar-refractivity contribution < 1.29 is 9.21 Å². The molecule has 0 bridgehead atoms. The molecule has 25 heavy (non-hydrogen) atoms. The highest BCUT2D eigenvalue weighted by molar-refractivity contribution is 5.96. The molecule has 1 saturated carbocycles. The summed E-state index contributed by atoms with van der Waals surface area (Å²) in [6, 6.07) is 18.6. The third-order valence-electron chi connectivity index (χ3n) is 4.93. The van der Waals surface area contributed by atoms with Crippen LogP contribution in [0.15, 0.2) is 69.9 Å². The Morgan fingerprint density at radius 3 is 2.52 bits per heavy atom. The van der Waals surface area contributed by atoms with Gasteiger partial charge in [0.25, 0.3) is 5.91 Å². The molecule has 2 aromatic carbocycles. The molecule has 1 fully saturated rings. The van der Waals surface area contributed by atoms with Gasteiger partial charge in [0, 0.05) is 5.39 Å². The van der Waals surface area contributed by atoms with Crippen molar-refractivity contribution in [2.75, 3.05) is 0 Å². The molecule has 0 spiro atoms. The number of rotatable bonds is 4. The molecule has 0 radical (unpaired) electrons. The van der Waals surface area contributed by atoms with Gasteiger partial charge >= 0.3 is 5.63 Å². The van der Waals surface area contributed by atoms with Gasteiger partial charge in [-0.05, 0) is 36.0 Å². The number of benzene rings is 2. The van der Waals surface area contributed by atoms with Gasteiger partial charge < -0.3 is 9.73 Å². The van der Waals surface area contributed by atoms with E-state index in [2.05, 4.69) is 12.2 Å². The Hall–Kier alpha value is -2.88. The first-order valence-electron chi connectivity index (χ1n) is 8.52. The first kappa shape index (κ1) is 15.6. The second-order valence-electron chi connectivity index (χ2n) is 6.72. The van der Waals surface area contributed by atoms with Gasteiger partial charge in [-0.25, -0.2) is 4.79 Å². The molecule has 1 N–H and O–H groups in total. The fourth-order valence-electron chi connectivity index (χ4n) is 3.35. The van der Waals surface area contributed by atoms with Crippen LogP contribution in [0.2, 0.25) is 0 Å². The van der Waals surface area contributed by atoms with Gasteiger partial charge in [0.2, 0.25) is 0 Å². The van der Waals surface area contributed by atoms with Gasteiger partial charge in [-0.15, -0.1) is 0 Å². The maximum atomic E-state index is 12.8. The molecule has 1 aliphatic rings. The molecule has 1 amide bonds. The summed E-state index contributed by atoms with van der Waals surface area (Å²) in [6.07, 6.45) is 1.08. The Morgan fingerprint density at radius 2 is 1.80 bits per heavy atom. The summed E-state index contributed by atoms with van der Waals surface area (Å²) in [5, 5.41) is 3.79. The molecular weight excluding hydrogens is 314 g/mol. The molecule has 0 saturated heterocycles. The lowest BCUT2D eigenvalue weighted by molar-refractivity contribution is 0.0927. The predicted molar refractivity (Wildman–Crippen MR) is 96.4 cm³/mol. The zero-order chi connectivity index (χ0) is 17.4. The highest BCUT2D eigenvalue weighted by atomic mass is 16.4. The highest BCUT2D eigenvalue weighted by Crippen LogP contribution is 2.47. The van der Waals surface area contributed by atoms with Gasteiger partial charge in [-0.1, -0.05) is 55.5 Å². The van der Waals surface area contributed by atoms with Crippen LogP contribution in [0.1, 0.15) is 35.3 Å². The Labute approximate surface area is 145 Å². The van der Waals surface area contributed by atoms with Crippen molar-refractivity contribution in [3.05, 3.63) is 82.2 Å². The maximum absolute atomic E-state index is 12.8. The van der Waals surface area contributed by atoms with Crippen LogP contribution in [-0.2, 0) is 0 Å². The van der Waals surface area contributed by atoms with Crippen LogP contribution in [-0.4, -0.2) is 5.91 Å². The second-order valence-corrected chi connectivity index (χ2v) is 6.72. The first-order valence-corrected chi connectivity index (χ1v) is 8.52. The topological polar surface area (TPSA) is 59.3 Å². The standard InChI is InChI=1S/C21H19NO3/c1-13-11-16(13)19(14-7-3-2-4-8-14)22-20(23)17-12-15-9-5-6-10-18(15)25-21(17)24/h2-10,12-13,16,19H,11H2,1H3,(H,22,23). The number of carbonyl (C=O) groups excluding carboxylic acids is 1. The minimum absolute atomic E-state index is 0.0490. The number of amides is 1. The number of carbonyl (C=O) groups is 1. The van der Waals surface area contributed by atoms with Crippen molar-refractivity contribution in [1.82, 2.24) is 5.32 Å².